The second kappa shape index (κ2) is 3.08. The third-order valence-electron chi connectivity index (χ3n) is 1.08. The highest BCUT2D eigenvalue weighted by Crippen LogP contribution is 2.11. The highest BCUT2D eigenvalue weighted by atomic mass is 35.5. The van der Waals surface area contributed by atoms with E-state index in [1.807, 2.05) is 0 Å². The number of pyridine rings is 1. The molecule has 0 aliphatic heterocycles. The summed E-state index contributed by atoms with van der Waals surface area (Å²) in [6.45, 7) is 0. The molecule has 0 atom stereocenters. The number of rotatable bonds is 1. The second-order valence-corrected chi connectivity index (χ2v) is 2.46. The van der Waals surface area contributed by atoms with E-state index in [-0.39, 0.29) is 11.4 Å². The average Bonchev–Trinajstić information content (AvgIpc) is 1.94. The molecule has 0 unspecified atom stereocenters. The number of aromatic nitrogens is 1. The number of alkyl halides is 1. The third kappa shape index (κ3) is 1.52. The molecule has 0 aromatic carbocycles. The Morgan fingerprint density at radius 1 is 1.50 bits per heavy atom. The highest BCUT2D eigenvalue weighted by Gasteiger charge is 1.96. The number of hydrogen-bond donors (Lipinski definition) is 1. The van der Waals surface area contributed by atoms with E-state index in [1.165, 1.54) is 12.1 Å². The number of H-pyrrole nitrogens is 1. The molecule has 1 aromatic heterocycles. The molecule has 0 saturated heterocycles. The Kier molecular flexibility index (Phi) is 2.35. The van der Waals surface area contributed by atoms with Gasteiger partial charge in [-0.3, -0.25) is 4.79 Å². The van der Waals surface area contributed by atoms with E-state index < -0.39 is 0 Å². The quantitative estimate of drug-likeness (QED) is 0.653. The van der Waals surface area contributed by atoms with Gasteiger partial charge in [0, 0.05) is 6.07 Å². The van der Waals surface area contributed by atoms with Crippen molar-refractivity contribution >= 4 is 23.2 Å². The third-order valence-corrected chi connectivity index (χ3v) is 1.70. The Bertz CT molecular complexity index is 281. The summed E-state index contributed by atoms with van der Waals surface area (Å²) in [5.74, 6) is 0.231. The van der Waals surface area contributed by atoms with E-state index in [0.717, 1.165) is 0 Å². The SMILES string of the molecule is O=c1ccc(Cl)c(CCl)[nH]1. The number of hydrogen-bond acceptors (Lipinski definition) is 1. The summed E-state index contributed by atoms with van der Waals surface area (Å²) in [4.78, 5) is 13.1. The first-order valence-electron chi connectivity index (χ1n) is 2.67. The first-order chi connectivity index (χ1) is 4.74. The van der Waals surface area contributed by atoms with Crippen molar-refractivity contribution in [1.29, 1.82) is 0 Å². The van der Waals surface area contributed by atoms with Gasteiger partial charge in [-0.2, -0.15) is 0 Å². The van der Waals surface area contributed by atoms with E-state index in [9.17, 15) is 4.79 Å². The molecule has 0 fully saturated rings. The molecule has 0 aliphatic rings. The topological polar surface area (TPSA) is 32.9 Å². The summed E-state index contributed by atoms with van der Waals surface area (Å²) < 4.78 is 0. The molecule has 10 heavy (non-hydrogen) atoms. The van der Waals surface area contributed by atoms with Crippen LogP contribution in [0.3, 0.4) is 0 Å². The van der Waals surface area contributed by atoms with Gasteiger partial charge in [0.2, 0.25) is 5.56 Å². The van der Waals surface area contributed by atoms with Crippen LogP contribution in [0.1, 0.15) is 5.69 Å². The van der Waals surface area contributed by atoms with Crippen molar-refractivity contribution < 1.29 is 0 Å². The molecular weight excluding hydrogens is 173 g/mol. The van der Waals surface area contributed by atoms with Crippen LogP contribution in [0.25, 0.3) is 0 Å². The van der Waals surface area contributed by atoms with Gasteiger partial charge in [-0.15, -0.1) is 11.6 Å². The van der Waals surface area contributed by atoms with Gasteiger partial charge in [-0.1, -0.05) is 11.6 Å². The fraction of sp³-hybridized carbons (Fsp3) is 0.167. The smallest absolute Gasteiger partial charge is 0.248 e. The molecule has 54 valence electrons. The van der Waals surface area contributed by atoms with Gasteiger partial charge in [-0.05, 0) is 6.07 Å². The van der Waals surface area contributed by atoms with Crippen molar-refractivity contribution in [2.75, 3.05) is 0 Å². The molecule has 0 amide bonds. The van der Waals surface area contributed by atoms with Crippen molar-refractivity contribution in [1.82, 2.24) is 4.98 Å². The molecule has 1 aromatic rings. The van der Waals surface area contributed by atoms with E-state index in [2.05, 4.69) is 4.98 Å². The van der Waals surface area contributed by atoms with Gasteiger partial charge in [-0.25, -0.2) is 0 Å². The van der Waals surface area contributed by atoms with Gasteiger partial charge < -0.3 is 4.98 Å². The van der Waals surface area contributed by atoms with Gasteiger partial charge >= 0.3 is 0 Å². The Morgan fingerprint density at radius 3 is 2.70 bits per heavy atom. The molecule has 0 saturated carbocycles. The van der Waals surface area contributed by atoms with E-state index in [0.29, 0.717) is 10.7 Å². The van der Waals surface area contributed by atoms with Crippen molar-refractivity contribution in [2.45, 2.75) is 5.88 Å². The minimum atomic E-state index is -0.181. The minimum Gasteiger partial charge on any atom is -0.324 e. The average molecular weight is 178 g/mol. The monoisotopic (exact) mass is 177 g/mol. The van der Waals surface area contributed by atoms with Crippen molar-refractivity contribution in [3.05, 3.63) is 33.2 Å². The summed E-state index contributed by atoms with van der Waals surface area (Å²) in [7, 11) is 0. The van der Waals surface area contributed by atoms with Crippen molar-refractivity contribution in [2.24, 2.45) is 0 Å². The highest BCUT2D eigenvalue weighted by molar-refractivity contribution is 6.32. The number of nitrogens with one attached hydrogen (secondary N) is 1. The second-order valence-electron chi connectivity index (χ2n) is 1.78. The van der Waals surface area contributed by atoms with Gasteiger partial charge in [0.05, 0.1) is 16.6 Å². The first kappa shape index (κ1) is 7.63. The lowest BCUT2D eigenvalue weighted by atomic mass is 10.4. The van der Waals surface area contributed by atoms with Crippen LogP contribution in [0, 0.1) is 0 Å². The molecule has 0 spiro atoms. The van der Waals surface area contributed by atoms with E-state index in [1.54, 1.807) is 0 Å². The van der Waals surface area contributed by atoms with Crippen molar-refractivity contribution in [3.63, 3.8) is 0 Å². The zero-order valence-corrected chi connectivity index (χ0v) is 6.54. The van der Waals surface area contributed by atoms with Gasteiger partial charge in [0.15, 0.2) is 0 Å². The van der Waals surface area contributed by atoms with Gasteiger partial charge in [0.1, 0.15) is 0 Å². The van der Waals surface area contributed by atoms with E-state index >= 15 is 0 Å². The van der Waals surface area contributed by atoms with Crippen molar-refractivity contribution in [3.8, 4) is 0 Å². The summed E-state index contributed by atoms with van der Waals surface area (Å²) >= 11 is 11.1. The lowest BCUT2D eigenvalue weighted by Gasteiger charge is -1.95. The Morgan fingerprint density at radius 2 is 2.20 bits per heavy atom. The maximum atomic E-state index is 10.6. The molecule has 1 heterocycles. The van der Waals surface area contributed by atoms with Crippen LogP contribution in [0.15, 0.2) is 16.9 Å². The first-order valence-corrected chi connectivity index (χ1v) is 3.59. The molecule has 0 aliphatic carbocycles. The molecular formula is C6H5Cl2NO. The molecule has 2 nitrogen and oxygen atoms in total. The van der Waals surface area contributed by atoms with Crippen LogP contribution in [0.2, 0.25) is 5.02 Å². The van der Waals surface area contributed by atoms with Crippen LogP contribution in [-0.4, -0.2) is 4.98 Å². The van der Waals surface area contributed by atoms with Crippen LogP contribution >= 0.6 is 23.2 Å². The lowest BCUT2D eigenvalue weighted by Crippen LogP contribution is -2.05. The predicted octanol–water partition coefficient (Wildman–Crippen LogP) is 1.77. The summed E-state index contributed by atoms with van der Waals surface area (Å²) in [6.07, 6.45) is 0. The fourth-order valence-corrected chi connectivity index (χ4v) is 1.05. The summed E-state index contributed by atoms with van der Waals surface area (Å²) in [6, 6.07) is 2.89. The zero-order valence-electron chi connectivity index (χ0n) is 5.03. The fourth-order valence-electron chi connectivity index (χ4n) is 0.597. The molecule has 0 radical (unpaired) electrons. The Labute approximate surface area is 67.8 Å². The zero-order chi connectivity index (χ0) is 7.56. The molecule has 0 bridgehead atoms. The van der Waals surface area contributed by atoms with Gasteiger partial charge in [0.25, 0.3) is 0 Å². The summed E-state index contributed by atoms with van der Waals surface area (Å²) in [5, 5.41) is 0.495. The lowest BCUT2D eigenvalue weighted by molar-refractivity contribution is 1.12. The number of aromatic amines is 1. The normalized spacial score (nSPS) is 9.80. The standard InChI is InChI=1S/C6H5Cl2NO/c7-3-5-4(8)1-2-6(10)9-5/h1-2H,3H2,(H,9,10). The van der Waals surface area contributed by atoms with Crippen LogP contribution in [0.4, 0.5) is 0 Å². The molecule has 4 heteroatoms. The Balaban J connectivity index is 3.22. The summed E-state index contributed by atoms with van der Waals surface area (Å²) in [5.41, 5.74) is 0.385. The van der Waals surface area contributed by atoms with Crippen LogP contribution < -0.4 is 5.56 Å². The largest absolute Gasteiger partial charge is 0.324 e. The maximum absolute atomic E-state index is 10.6. The maximum Gasteiger partial charge on any atom is 0.248 e. The van der Waals surface area contributed by atoms with Crippen LogP contribution in [0.5, 0.6) is 0 Å². The minimum absolute atomic E-state index is 0.181. The Hall–Kier alpha value is -0.470. The number of halogens is 2. The predicted molar refractivity (Wildman–Crippen MR) is 41.6 cm³/mol. The van der Waals surface area contributed by atoms with Crippen LogP contribution in [-0.2, 0) is 5.88 Å². The van der Waals surface area contributed by atoms with E-state index in [4.69, 9.17) is 23.2 Å². The molecule has 1 rings (SSSR count). The molecule has 1 N–H and O–H groups in total.